The number of benzene rings is 2. The number of rotatable bonds is 5. The fraction of sp³-hybridized carbons (Fsp3) is 0.238. The fourth-order valence-electron chi connectivity index (χ4n) is 3.33. The molecule has 0 radical (unpaired) electrons. The number of carbonyl (C=O) groups excluding carboxylic acids is 1. The molecule has 1 heterocycles. The van der Waals surface area contributed by atoms with Gasteiger partial charge in [0, 0.05) is 17.6 Å². The lowest BCUT2D eigenvalue weighted by atomic mass is 10.1. The van der Waals surface area contributed by atoms with E-state index in [4.69, 9.17) is 5.11 Å². The molecule has 0 unspecified atom stereocenters. The number of carbonyl (C=O) groups is 2. The Bertz CT molecular complexity index is 1050. The molecule has 0 spiro atoms. The Morgan fingerprint density at radius 1 is 1.04 bits per heavy atom. The van der Waals surface area contributed by atoms with Crippen molar-refractivity contribution in [2.45, 2.75) is 33.7 Å². The van der Waals surface area contributed by atoms with Crippen molar-refractivity contribution < 1.29 is 19.8 Å². The van der Waals surface area contributed by atoms with Crippen molar-refractivity contribution in [2.24, 2.45) is 0 Å². The van der Waals surface area contributed by atoms with Crippen LogP contribution in [-0.2, 0) is 16.1 Å². The minimum Gasteiger partial charge on any atom is -0.508 e. The summed E-state index contributed by atoms with van der Waals surface area (Å²) in [7, 11) is 0. The Labute approximate surface area is 157 Å². The maximum absolute atomic E-state index is 11.9. The molecule has 0 atom stereocenters. The van der Waals surface area contributed by atoms with E-state index in [1.54, 1.807) is 12.1 Å². The molecule has 0 aliphatic carbocycles. The molecule has 0 aliphatic rings. The molecule has 27 heavy (non-hydrogen) atoms. The van der Waals surface area contributed by atoms with E-state index >= 15 is 0 Å². The van der Waals surface area contributed by atoms with Crippen molar-refractivity contribution in [3.63, 3.8) is 0 Å². The number of amides is 1. The zero-order valence-corrected chi connectivity index (χ0v) is 15.5. The number of aromatic hydroxyl groups is 1. The maximum Gasteiger partial charge on any atom is 0.312 e. The van der Waals surface area contributed by atoms with Gasteiger partial charge in [-0.25, -0.2) is 0 Å². The van der Waals surface area contributed by atoms with Gasteiger partial charge < -0.3 is 20.1 Å². The number of aromatic nitrogens is 1. The molecule has 3 aromatic rings. The zero-order chi connectivity index (χ0) is 19.7. The van der Waals surface area contributed by atoms with Gasteiger partial charge in [-0.15, -0.1) is 0 Å². The van der Waals surface area contributed by atoms with Crippen LogP contribution in [0.15, 0.2) is 36.4 Å². The number of hydrogen-bond donors (Lipinski definition) is 3. The smallest absolute Gasteiger partial charge is 0.312 e. The highest BCUT2D eigenvalue weighted by Crippen LogP contribution is 2.31. The number of carboxylic acid groups (broad SMARTS) is 1. The molecular weight excluding hydrogens is 344 g/mol. The SMILES string of the molecule is Cc1cc(Cn2c(C)cc3c(NC(=O)CC(=O)O)ccc(C)c32)ccc1O. The first-order chi connectivity index (χ1) is 12.8. The summed E-state index contributed by atoms with van der Waals surface area (Å²) in [6.07, 6.45) is -0.568. The molecule has 3 N–H and O–H groups in total. The number of aliphatic carboxylic acids is 1. The van der Waals surface area contributed by atoms with Crippen molar-refractivity contribution in [3.8, 4) is 5.75 Å². The van der Waals surface area contributed by atoms with Crippen LogP contribution in [0, 0.1) is 20.8 Å². The lowest BCUT2D eigenvalue weighted by molar-refractivity contribution is -0.139. The minimum atomic E-state index is -1.16. The fourth-order valence-corrected chi connectivity index (χ4v) is 3.33. The Morgan fingerprint density at radius 2 is 1.78 bits per heavy atom. The van der Waals surface area contributed by atoms with Crippen molar-refractivity contribution in [1.29, 1.82) is 0 Å². The van der Waals surface area contributed by atoms with E-state index in [1.807, 2.05) is 45.0 Å². The Kier molecular flexibility index (Phi) is 4.90. The van der Waals surface area contributed by atoms with E-state index in [0.717, 1.165) is 33.3 Å². The predicted molar refractivity (Wildman–Crippen MR) is 104 cm³/mol. The van der Waals surface area contributed by atoms with Gasteiger partial charge in [0.05, 0.1) is 11.2 Å². The number of nitrogens with one attached hydrogen (secondary N) is 1. The van der Waals surface area contributed by atoms with Gasteiger partial charge in [0.2, 0.25) is 5.91 Å². The number of aryl methyl sites for hydroxylation is 3. The Morgan fingerprint density at radius 3 is 2.44 bits per heavy atom. The normalized spacial score (nSPS) is 10.9. The van der Waals surface area contributed by atoms with Gasteiger partial charge in [0.25, 0.3) is 0 Å². The molecule has 0 aliphatic heterocycles. The summed E-state index contributed by atoms with van der Waals surface area (Å²) in [5.41, 5.74) is 5.56. The number of anilines is 1. The third kappa shape index (κ3) is 3.79. The molecular formula is C21H22N2O4. The van der Waals surface area contributed by atoms with Crippen molar-refractivity contribution in [3.05, 3.63) is 58.8 Å². The Hall–Kier alpha value is -3.28. The molecule has 6 nitrogen and oxygen atoms in total. The van der Waals surface area contributed by atoms with E-state index in [2.05, 4.69) is 9.88 Å². The van der Waals surface area contributed by atoms with E-state index < -0.39 is 18.3 Å². The van der Waals surface area contributed by atoms with E-state index in [9.17, 15) is 14.7 Å². The topological polar surface area (TPSA) is 91.6 Å². The van der Waals surface area contributed by atoms with Gasteiger partial charge in [-0.2, -0.15) is 0 Å². The van der Waals surface area contributed by atoms with Gasteiger partial charge in [0.1, 0.15) is 12.2 Å². The third-order valence-electron chi connectivity index (χ3n) is 4.66. The van der Waals surface area contributed by atoms with Gasteiger partial charge in [-0.1, -0.05) is 18.2 Å². The summed E-state index contributed by atoms with van der Waals surface area (Å²) >= 11 is 0. The van der Waals surface area contributed by atoms with E-state index in [-0.39, 0.29) is 5.75 Å². The molecule has 6 heteroatoms. The van der Waals surface area contributed by atoms with Crippen LogP contribution in [0.3, 0.4) is 0 Å². The first-order valence-electron chi connectivity index (χ1n) is 8.66. The largest absolute Gasteiger partial charge is 0.508 e. The van der Waals surface area contributed by atoms with Crippen LogP contribution >= 0.6 is 0 Å². The number of hydrogen-bond acceptors (Lipinski definition) is 3. The van der Waals surface area contributed by atoms with Crippen LogP contribution in [0.2, 0.25) is 0 Å². The van der Waals surface area contributed by atoms with Gasteiger partial charge >= 0.3 is 5.97 Å². The molecule has 3 rings (SSSR count). The molecule has 140 valence electrons. The first-order valence-corrected chi connectivity index (χ1v) is 8.66. The highest BCUT2D eigenvalue weighted by molar-refractivity contribution is 6.07. The number of phenolic OH excluding ortho intramolecular Hbond substituents is 1. The second-order valence-electron chi connectivity index (χ2n) is 6.80. The van der Waals surface area contributed by atoms with Crippen LogP contribution < -0.4 is 5.32 Å². The molecule has 1 amide bonds. The Balaban J connectivity index is 2.03. The monoisotopic (exact) mass is 366 g/mol. The van der Waals surface area contributed by atoms with Crippen LogP contribution in [0.5, 0.6) is 5.75 Å². The molecule has 1 aromatic heterocycles. The summed E-state index contributed by atoms with van der Waals surface area (Å²) < 4.78 is 2.16. The maximum atomic E-state index is 11.9. The van der Waals surface area contributed by atoms with Crippen LogP contribution in [0.25, 0.3) is 10.9 Å². The minimum absolute atomic E-state index is 0.271. The summed E-state index contributed by atoms with van der Waals surface area (Å²) in [6, 6.07) is 11.2. The number of fused-ring (bicyclic) bond motifs is 1. The second-order valence-corrected chi connectivity index (χ2v) is 6.80. The number of carboxylic acids is 1. The van der Waals surface area contributed by atoms with Gasteiger partial charge in [-0.3, -0.25) is 9.59 Å². The lowest BCUT2D eigenvalue weighted by Gasteiger charge is -2.13. The molecule has 2 aromatic carbocycles. The van der Waals surface area contributed by atoms with Crippen LogP contribution in [0.4, 0.5) is 5.69 Å². The average molecular weight is 366 g/mol. The predicted octanol–water partition coefficient (Wildman–Crippen LogP) is 3.73. The zero-order valence-electron chi connectivity index (χ0n) is 15.5. The van der Waals surface area contributed by atoms with Gasteiger partial charge in [0.15, 0.2) is 0 Å². The molecule has 0 saturated carbocycles. The van der Waals surface area contributed by atoms with Crippen molar-refractivity contribution in [1.82, 2.24) is 4.57 Å². The molecule has 0 bridgehead atoms. The van der Waals surface area contributed by atoms with Crippen LogP contribution in [0.1, 0.15) is 28.8 Å². The molecule has 0 fully saturated rings. The lowest BCUT2D eigenvalue weighted by Crippen LogP contribution is -2.16. The third-order valence-corrected chi connectivity index (χ3v) is 4.66. The summed E-state index contributed by atoms with van der Waals surface area (Å²) in [5.74, 6) is -1.44. The molecule has 0 saturated heterocycles. The highest BCUT2D eigenvalue weighted by atomic mass is 16.4. The number of phenols is 1. The van der Waals surface area contributed by atoms with Crippen LogP contribution in [-0.4, -0.2) is 26.7 Å². The van der Waals surface area contributed by atoms with E-state index in [0.29, 0.717) is 12.2 Å². The standard InChI is InChI=1S/C21H22N2O4/c1-12-4-6-17(22-19(25)10-20(26)27)16-9-14(3)23(21(12)16)11-15-5-7-18(24)13(2)8-15/h4-9,24H,10-11H2,1-3H3,(H,22,25)(H,26,27). The highest BCUT2D eigenvalue weighted by Gasteiger charge is 2.15. The van der Waals surface area contributed by atoms with Gasteiger partial charge in [-0.05, 0) is 55.7 Å². The summed E-state index contributed by atoms with van der Waals surface area (Å²) in [6.45, 7) is 6.49. The average Bonchev–Trinajstić information content (AvgIpc) is 2.90. The summed E-state index contributed by atoms with van der Waals surface area (Å²) in [5, 5.41) is 22.1. The van der Waals surface area contributed by atoms with E-state index in [1.165, 1.54) is 0 Å². The summed E-state index contributed by atoms with van der Waals surface area (Å²) in [4.78, 5) is 22.6. The first kappa shape index (κ1) is 18.5. The van der Waals surface area contributed by atoms with Crippen molar-refractivity contribution in [2.75, 3.05) is 5.32 Å². The quantitative estimate of drug-likeness (QED) is 0.600. The second kappa shape index (κ2) is 7.15. The number of nitrogens with zero attached hydrogens (tertiary/aromatic N) is 1. The van der Waals surface area contributed by atoms with Crippen molar-refractivity contribution >= 4 is 28.5 Å².